The van der Waals surface area contributed by atoms with E-state index in [4.69, 9.17) is 9.97 Å². The molecule has 5 nitrogen and oxygen atoms in total. The SMILES string of the molecule is CN(C(=O)Cn1c2ccccc2c2nc3ccccc3nc21)C1CCCCC1. The van der Waals surface area contributed by atoms with Crippen LogP contribution in [0.25, 0.3) is 33.1 Å². The molecule has 2 aromatic carbocycles. The van der Waals surface area contributed by atoms with Crippen LogP contribution in [0.4, 0.5) is 0 Å². The van der Waals surface area contributed by atoms with E-state index in [1.54, 1.807) is 0 Å². The molecule has 0 aliphatic heterocycles. The first kappa shape index (κ1) is 17.2. The number of nitrogens with zero attached hydrogens (tertiary/aromatic N) is 4. The lowest BCUT2D eigenvalue weighted by molar-refractivity contribution is -0.133. The highest BCUT2D eigenvalue weighted by Gasteiger charge is 2.24. The molecule has 4 aromatic rings. The normalized spacial score (nSPS) is 15.5. The van der Waals surface area contributed by atoms with Crippen LogP contribution < -0.4 is 0 Å². The molecule has 1 amide bonds. The number of hydrogen-bond donors (Lipinski definition) is 0. The van der Waals surface area contributed by atoms with E-state index in [9.17, 15) is 4.79 Å². The first-order chi connectivity index (χ1) is 13.7. The van der Waals surface area contributed by atoms with Crippen molar-refractivity contribution in [3.05, 3.63) is 48.5 Å². The van der Waals surface area contributed by atoms with Gasteiger partial charge in [-0.25, -0.2) is 9.97 Å². The number of carbonyl (C=O) groups is 1. The molecule has 0 unspecified atom stereocenters. The van der Waals surface area contributed by atoms with Crippen molar-refractivity contribution in [2.45, 2.75) is 44.7 Å². The molecule has 1 aliphatic rings. The Bertz CT molecular complexity index is 1170. The van der Waals surface area contributed by atoms with Gasteiger partial charge in [0.15, 0.2) is 5.65 Å². The lowest BCUT2D eigenvalue weighted by Gasteiger charge is -2.31. The molecule has 0 spiro atoms. The average Bonchev–Trinajstić information content (AvgIpc) is 3.05. The molecular formula is C23H24N4O. The summed E-state index contributed by atoms with van der Waals surface area (Å²) in [5, 5.41) is 1.05. The monoisotopic (exact) mass is 372 g/mol. The minimum Gasteiger partial charge on any atom is -0.341 e. The molecule has 5 rings (SSSR count). The molecular weight excluding hydrogens is 348 g/mol. The Balaban J connectivity index is 1.60. The van der Waals surface area contributed by atoms with Crippen molar-refractivity contribution >= 4 is 39.0 Å². The predicted octanol–water partition coefficient (Wildman–Crippen LogP) is 4.53. The van der Waals surface area contributed by atoms with Gasteiger partial charge < -0.3 is 9.47 Å². The molecule has 0 bridgehead atoms. The predicted molar refractivity (Wildman–Crippen MR) is 112 cm³/mol. The van der Waals surface area contributed by atoms with Crippen LogP contribution in [0.1, 0.15) is 32.1 Å². The third kappa shape index (κ3) is 2.82. The number of para-hydroxylation sites is 3. The Hall–Kier alpha value is -2.95. The van der Waals surface area contributed by atoms with Crippen LogP contribution >= 0.6 is 0 Å². The third-order valence-electron chi connectivity index (χ3n) is 6.07. The zero-order valence-electron chi connectivity index (χ0n) is 16.1. The molecule has 0 saturated heterocycles. The molecule has 2 aromatic heterocycles. The van der Waals surface area contributed by atoms with Crippen molar-refractivity contribution in [2.24, 2.45) is 0 Å². The molecule has 1 aliphatic carbocycles. The standard InChI is InChI=1S/C23H24N4O/c1-26(16-9-3-2-4-10-16)21(28)15-27-20-14-8-5-11-17(20)22-23(27)25-19-13-7-6-12-18(19)24-22/h5-8,11-14,16H,2-4,9-10,15H2,1H3. The summed E-state index contributed by atoms with van der Waals surface area (Å²) in [7, 11) is 1.95. The Morgan fingerprint density at radius 3 is 2.46 bits per heavy atom. The zero-order chi connectivity index (χ0) is 19.1. The fourth-order valence-electron chi connectivity index (χ4n) is 4.46. The van der Waals surface area contributed by atoms with Gasteiger partial charge >= 0.3 is 0 Å². The van der Waals surface area contributed by atoms with Gasteiger partial charge in [0.1, 0.15) is 12.1 Å². The first-order valence-corrected chi connectivity index (χ1v) is 10.1. The van der Waals surface area contributed by atoms with Crippen molar-refractivity contribution in [3.63, 3.8) is 0 Å². The summed E-state index contributed by atoms with van der Waals surface area (Å²) in [4.78, 5) is 24.8. The molecule has 1 fully saturated rings. The van der Waals surface area contributed by atoms with Crippen molar-refractivity contribution < 1.29 is 4.79 Å². The summed E-state index contributed by atoms with van der Waals surface area (Å²) in [5.74, 6) is 0.143. The van der Waals surface area contributed by atoms with Crippen LogP contribution in [0.5, 0.6) is 0 Å². The van der Waals surface area contributed by atoms with Gasteiger partial charge in [-0.1, -0.05) is 49.6 Å². The van der Waals surface area contributed by atoms with E-state index in [-0.39, 0.29) is 5.91 Å². The molecule has 0 radical (unpaired) electrons. The van der Waals surface area contributed by atoms with E-state index in [0.29, 0.717) is 12.6 Å². The van der Waals surface area contributed by atoms with Crippen molar-refractivity contribution in [1.82, 2.24) is 19.4 Å². The first-order valence-electron chi connectivity index (χ1n) is 10.1. The Kier molecular flexibility index (Phi) is 4.23. The lowest BCUT2D eigenvalue weighted by Crippen LogP contribution is -2.40. The van der Waals surface area contributed by atoms with Gasteiger partial charge in [0, 0.05) is 18.5 Å². The van der Waals surface area contributed by atoms with Crippen molar-refractivity contribution in [2.75, 3.05) is 7.05 Å². The molecule has 0 atom stereocenters. The maximum Gasteiger partial charge on any atom is 0.242 e. The van der Waals surface area contributed by atoms with Crippen LogP contribution in [0, 0.1) is 0 Å². The lowest BCUT2D eigenvalue weighted by atomic mass is 9.94. The number of benzene rings is 2. The molecule has 142 valence electrons. The number of carbonyl (C=O) groups excluding carboxylic acids is 1. The Morgan fingerprint density at radius 2 is 1.68 bits per heavy atom. The summed E-state index contributed by atoms with van der Waals surface area (Å²) >= 11 is 0. The van der Waals surface area contributed by atoms with Gasteiger partial charge in [-0.3, -0.25) is 4.79 Å². The number of aromatic nitrogens is 3. The second-order valence-electron chi connectivity index (χ2n) is 7.78. The highest BCUT2D eigenvalue weighted by molar-refractivity contribution is 6.07. The summed E-state index contributed by atoms with van der Waals surface area (Å²) < 4.78 is 2.03. The summed E-state index contributed by atoms with van der Waals surface area (Å²) in [6.45, 7) is 0.296. The topological polar surface area (TPSA) is 51.0 Å². The average molecular weight is 372 g/mol. The highest BCUT2D eigenvalue weighted by Crippen LogP contribution is 2.29. The van der Waals surface area contributed by atoms with E-state index in [1.807, 2.05) is 52.9 Å². The van der Waals surface area contributed by atoms with Crippen molar-refractivity contribution in [3.8, 4) is 0 Å². The van der Waals surface area contributed by atoms with Crippen LogP contribution in [-0.2, 0) is 11.3 Å². The van der Waals surface area contributed by atoms with Crippen LogP contribution in [0.15, 0.2) is 48.5 Å². The third-order valence-corrected chi connectivity index (χ3v) is 6.07. The van der Waals surface area contributed by atoms with E-state index in [1.165, 1.54) is 19.3 Å². The van der Waals surface area contributed by atoms with Gasteiger partial charge in [-0.15, -0.1) is 0 Å². The van der Waals surface area contributed by atoms with E-state index in [0.717, 1.165) is 45.9 Å². The maximum absolute atomic E-state index is 13.1. The molecule has 2 heterocycles. The molecule has 0 N–H and O–H groups in total. The van der Waals surface area contributed by atoms with Gasteiger partial charge in [0.2, 0.25) is 5.91 Å². The van der Waals surface area contributed by atoms with Gasteiger partial charge in [-0.05, 0) is 31.0 Å². The fraction of sp³-hybridized carbons (Fsp3) is 0.348. The second kappa shape index (κ2) is 6.89. The van der Waals surface area contributed by atoms with Crippen LogP contribution in [-0.4, -0.2) is 38.4 Å². The van der Waals surface area contributed by atoms with Crippen molar-refractivity contribution in [1.29, 1.82) is 0 Å². The summed E-state index contributed by atoms with van der Waals surface area (Å²) in [5.41, 5.74) is 4.39. The minimum atomic E-state index is 0.143. The largest absolute Gasteiger partial charge is 0.341 e. The maximum atomic E-state index is 13.1. The van der Waals surface area contributed by atoms with E-state index >= 15 is 0 Å². The van der Waals surface area contributed by atoms with Gasteiger partial charge in [0.25, 0.3) is 0 Å². The fourth-order valence-corrected chi connectivity index (χ4v) is 4.46. The van der Waals surface area contributed by atoms with Crippen LogP contribution in [0.2, 0.25) is 0 Å². The number of likely N-dealkylation sites (N-methyl/N-ethyl adjacent to an activating group) is 1. The second-order valence-corrected chi connectivity index (χ2v) is 7.78. The number of fused-ring (bicyclic) bond motifs is 4. The zero-order valence-corrected chi connectivity index (χ0v) is 16.1. The Labute approximate surface area is 164 Å². The number of amides is 1. The minimum absolute atomic E-state index is 0.143. The highest BCUT2D eigenvalue weighted by atomic mass is 16.2. The molecule has 5 heteroatoms. The molecule has 28 heavy (non-hydrogen) atoms. The van der Waals surface area contributed by atoms with E-state index < -0.39 is 0 Å². The summed E-state index contributed by atoms with van der Waals surface area (Å²) in [6, 6.07) is 16.4. The van der Waals surface area contributed by atoms with E-state index in [2.05, 4.69) is 12.1 Å². The summed E-state index contributed by atoms with van der Waals surface area (Å²) in [6.07, 6.45) is 5.94. The molecule has 1 saturated carbocycles. The Morgan fingerprint density at radius 1 is 1.00 bits per heavy atom. The quantitative estimate of drug-likeness (QED) is 0.531. The number of rotatable bonds is 3. The smallest absolute Gasteiger partial charge is 0.242 e. The van der Waals surface area contributed by atoms with Gasteiger partial charge in [-0.2, -0.15) is 0 Å². The number of hydrogen-bond acceptors (Lipinski definition) is 3. The van der Waals surface area contributed by atoms with Gasteiger partial charge in [0.05, 0.1) is 16.6 Å². The van der Waals surface area contributed by atoms with Crippen LogP contribution in [0.3, 0.4) is 0 Å².